The highest BCUT2D eigenvalue weighted by molar-refractivity contribution is 7.93. The fraction of sp³-hybridized carbons (Fsp3) is 0.130. The molecule has 0 fully saturated rings. The van der Waals surface area contributed by atoms with Crippen LogP contribution in [0.2, 0.25) is 10.0 Å². The number of nitro groups is 1. The molecular weight excluding hydrogens is 549 g/mol. The van der Waals surface area contributed by atoms with E-state index >= 15 is 0 Å². The number of sulfonamides is 1. The molecule has 3 aromatic carbocycles. The summed E-state index contributed by atoms with van der Waals surface area (Å²) in [6.45, 7) is 0. The maximum absolute atomic E-state index is 14.2. The van der Waals surface area contributed by atoms with Crippen molar-refractivity contribution in [3.8, 4) is 5.75 Å². The number of benzene rings is 3. The van der Waals surface area contributed by atoms with Crippen LogP contribution < -0.4 is 14.4 Å². The number of alkyl carbamates (subject to hydrolysis) is 1. The number of fused-ring (bicyclic) bond motifs is 1. The van der Waals surface area contributed by atoms with E-state index in [9.17, 15) is 28.1 Å². The first-order chi connectivity index (χ1) is 17.5. The van der Waals surface area contributed by atoms with Gasteiger partial charge in [0.05, 0.1) is 30.9 Å². The lowest BCUT2D eigenvalue weighted by Crippen LogP contribution is -2.54. The van der Waals surface area contributed by atoms with E-state index in [-0.39, 0.29) is 32.6 Å². The van der Waals surface area contributed by atoms with Gasteiger partial charge in [0.25, 0.3) is 21.6 Å². The molecule has 0 bridgehead atoms. The first-order valence-electron chi connectivity index (χ1n) is 10.3. The number of halogens is 2. The zero-order valence-electron chi connectivity index (χ0n) is 19.1. The highest BCUT2D eigenvalue weighted by Gasteiger charge is 2.58. The first kappa shape index (κ1) is 26.2. The van der Waals surface area contributed by atoms with Gasteiger partial charge in [-0.05, 0) is 30.3 Å². The Morgan fingerprint density at radius 3 is 2.38 bits per heavy atom. The Morgan fingerprint density at radius 1 is 1.05 bits per heavy atom. The Morgan fingerprint density at radius 2 is 1.76 bits per heavy atom. The van der Waals surface area contributed by atoms with Crippen LogP contribution in [0.1, 0.15) is 11.1 Å². The van der Waals surface area contributed by atoms with Crippen molar-refractivity contribution in [2.75, 3.05) is 18.5 Å². The molecule has 0 aromatic heterocycles. The largest absolute Gasteiger partial charge is 0.495 e. The van der Waals surface area contributed by atoms with Crippen LogP contribution in [0.5, 0.6) is 5.75 Å². The van der Waals surface area contributed by atoms with Crippen LogP contribution in [0.25, 0.3) is 0 Å². The van der Waals surface area contributed by atoms with Gasteiger partial charge in [0.2, 0.25) is 0 Å². The standard InChI is InChI=1S/C23H17Cl2N3O8S/c1-35-19-12-14(28(31)32)8-10-20(19)37(33,34)27-18-9-7-13(24)11-16(18)23(21(27)29,26-22(30)36-2)15-5-3-4-6-17(15)25/h3-12H,1-2H3,(H,26,30). The van der Waals surface area contributed by atoms with Crippen molar-refractivity contribution in [1.29, 1.82) is 0 Å². The number of carbonyl (C=O) groups excluding carboxylic acids is 2. The van der Waals surface area contributed by atoms with Crippen molar-refractivity contribution >= 4 is 56.6 Å². The Labute approximate surface area is 220 Å². The molecule has 4 rings (SSSR count). The van der Waals surface area contributed by atoms with E-state index in [0.717, 1.165) is 32.4 Å². The normalized spacial score (nSPS) is 16.8. The quantitative estimate of drug-likeness (QED) is 0.345. The molecule has 11 nitrogen and oxygen atoms in total. The smallest absolute Gasteiger partial charge is 0.408 e. The number of methoxy groups -OCH3 is 2. The highest BCUT2D eigenvalue weighted by atomic mass is 35.5. The van der Waals surface area contributed by atoms with Crippen LogP contribution in [0, 0.1) is 10.1 Å². The van der Waals surface area contributed by atoms with E-state index in [4.69, 9.17) is 32.7 Å². The third-order valence-electron chi connectivity index (χ3n) is 5.72. The molecule has 1 unspecified atom stereocenters. The molecule has 0 spiro atoms. The van der Waals surface area contributed by atoms with Crippen molar-refractivity contribution in [3.63, 3.8) is 0 Å². The van der Waals surface area contributed by atoms with Gasteiger partial charge in [-0.25, -0.2) is 13.2 Å². The minimum Gasteiger partial charge on any atom is -0.495 e. The topological polar surface area (TPSA) is 145 Å². The number of carbonyl (C=O) groups is 2. The zero-order chi connectivity index (χ0) is 27.1. The van der Waals surface area contributed by atoms with E-state index in [0.29, 0.717) is 4.31 Å². The number of nitrogens with zero attached hydrogens (tertiary/aromatic N) is 2. The molecule has 192 valence electrons. The van der Waals surface area contributed by atoms with Crippen molar-refractivity contribution < 1.29 is 32.4 Å². The van der Waals surface area contributed by atoms with Crippen LogP contribution >= 0.6 is 23.2 Å². The van der Waals surface area contributed by atoms with E-state index in [1.54, 1.807) is 12.1 Å². The Balaban J connectivity index is 2.04. The van der Waals surface area contributed by atoms with Gasteiger partial charge in [0.1, 0.15) is 10.6 Å². The number of hydrogen-bond acceptors (Lipinski definition) is 8. The second-order valence-corrected chi connectivity index (χ2v) is 10.3. The summed E-state index contributed by atoms with van der Waals surface area (Å²) in [7, 11) is -2.57. The average Bonchev–Trinajstić information content (AvgIpc) is 3.11. The molecule has 0 aliphatic carbocycles. The van der Waals surface area contributed by atoms with Gasteiger partial charge in [0, 0.05) is 27.2 Å². The molecular formula is C23H17Cl2N3O8S. The fourth-order valence-electron chi connectivity index (χ4n) is 4.10. The summed E-state index contributed by atoms with van der Waals surface area (Å²) in [5.74, 6) is -1.49. The van der Waals surface area contributed by atoms with Gasteiger partial charge < -0.3 is 9.47 Å². The Kier molecular flexibility index (Phi) is 6.76. The highest BCUT2D eigenvalue weighted by Crippen LogP contribution is 2.50. The summed E-state index contributed by atoms with van der Waals surface area (Å²) < 4.78 is 38.2. The van der Waals surface area contributed by atoms with Crippen LogP contribution in [0.3, 0.4) is 0 Å². The predicted molar refractivity (Wildman–Crippen MR) is 134 cm³/mol. The van der Waals surface area contributed by atoms with Crippen molar-refractivity contribution in [2.45, 2.75) is 10.4 Å². The number of amides is 2. The number of rotatable bonds is 6. The molecule has 1 N–H and O–H groups in total. The van der Waals surface area contributed by atoms with E-state index in [2.05, 4.69) is 5.32 Å². The molecule has 3 aromatic rings. The molecule has 1 heterocycles. The zero-order valence-corrected chi connectivity index (χ0v) is 21.4. The number of hydrogen-bond donors (Lipinski definition) is 1. The summed E-state index contributed by atoms with van der Waals surface area (Å²) >= 11 is 12.7. The Bertz CT molecular complexity index is 1560. The van der Waals surface area contributed by atoms with E-state index in [1.165, 1.54) is 30.3 Å². The molecule has 1 atom stereocenters. The van der Waals surface area contributed by atoms with Gasteiger partial charge in [-0.15, -0.1) is 0 Å². The molecule has 0 radical (unpaired) electrons. The number of ether oxygens (including phenoxy) is 2. The van der Waals surface area contributed by atoms with E-state index in [1.807, 2.05) is 0 Å². The lowest BCUT2D eigenvalue weighted by Gasteiger charge is -2.30. The maximum atomic E-state index is 14.2. The van der Waals surface area contributed by atoms with Crippen molar-refractivity contribution in [2.24, 2.45) is 0 Å². The third-order valence-corrected chi connectivity index (χ3v) is 8.02. The molecule has 37 heavy (non-hydrogen) atoms. The van der Waals surface area contributed by atoms with Gasteiger partial charge >= 0.3 is 6.09 Å². The number of nitrogens with one attached hydrogen (secondary N) is 1. The van der Waals surface area contributed by atoms with E-state index < -0.39 is 43.1 Å². The second kappa shape index (κ2) is 9.54. The average molecular weight is 566 g/mol. The summed E-state index contributed by atoms with van der Waals surface area (Å²) in [4.78, 5) is 36.7. The van der Waals surface area contributed by atoms with Gasteiger partial charge in [-0.3, -0.25) is 20.2 Å². The number of anilines is 1. The lowest BCUT2D eigenvalue weighted by atomic mass is 9.84. The van der Waals surface area contributed by atoms with Crippen molar-refractivity contribution in [3.05, 3.63) is 92.0 Å². The van der Waals surface area contributed by atoms with Gasteiger partial charge in [-0.2, -0.15) is 4.31 Å². The summed E-state index contributed by atoms with van der Waals surface area (Å²) in [5, 5.41) is 13.8. The number of non-ortho nitro benzene ring substituents is 1. The minimum absolute atomic E-state index is 0.00736. The van der Waals surface area contributed by atoms with Gasteiger partial charge in [0.15, 0.2) is 5.54 Å². The summed E-state index contributed by atoms with van der Waals surface area (Å²) in [6, 6.07) is 12.9. The lowest BCUT2D eigenvalue weighted by molar-refractivity contribution is -0.385. The van der Waals surface area contributed by atoms with Gasteiger partial charge in [-0.1, -0.05) is 41.4 Å². The minimum atomic E-state index is -4.78. The second-order valence-electron chi connectivity index (χ2n) is 7.67. The maximum Gasteiger partial charge on any atom is 0.408 e. The monoisotopic (exact) mass is 565 g/mol. The van der Waals surface area contributed by atoms with Crippen LogP contribution in [0.4, 0.5) is 16.2 Å². The fourth-order valence-corrected chi connectivity index (χ4v) is 6.16. The Hall–Kier alpha value is -3.87. The van der Waals surface area contributed by atoms with Crippen molar-refractivity contribution in [1.82, 2.24) is 5.32 Å². The SMILES string of the molecule is COC(=O)NC1(c2ccccc2Cl)C(=O)N(S(=O)(=O)c2ccc([N+](=O)[O-])cc2OC)c2ccc(Cl)cc21. The third kappa shape index (κ3) is 4.12. The van der Waals surface area contributed by atoms with Crippen LogP contribution in [0.15, 0.2) is 65.6 Å². The number of nitro benzene ring substituents is 1. The van der Waals surface area contributed by atoms with Crippen LogP contribution in [-0.2, 0) is 25.1 Å². The first-order valence-corrected chi connectivity index (χ1v) is 12.5. The summed E-state index contributed by atoms with van der Waals surface area (Å²) in [5.41, 5.74) is -2.65. The molecule has 1 aliphatic heterocycles. The summed E-state index contributed by atoms with van der Waals surface area (Å²) in [6.07, 6.45) is -1.05. The molecule has 2 amide bonds. The van der Waals surface area contributed by atoms with Crippen LogP contribution in [-0.4, -0.2) is 39.6 Å². The molecule has 1 aliphatic rings. The molecule has 0 saturated carbocycles. The molecule has 0 saturated heterocycles. The predicted octanol–water partition coefficient (Wildman–Crippen LogP) is 4.25. The molecule has 14 heteroatoms.